The highest BCUT2D eigenvalue weighted by Gasteiger charge is 2.16. The number of alkyl halides is 1. The Hall–Kier alpha value is -1.23. The topological polar surface area (TPSA) is 43.4 Å². The molecule has 0 saturated heterocycles. The third-order valence-electron chi connectivity index (χ3n) is 1.84. The van der Waals surface area contributed by atoms with E-state index < -0.39 is 5.82 Å². The Kier molecular flexibility index (Phi) is 3.96. The second-order valence-corrected chi connectivity index (χ2v) is 3.31. The molecule has 0 bridgehead atoms. The molecule has 5 heteroatoms. The Morgan fingerprint density at radius 3 is 2.73 bits per heavy atom. The first-order valence-electron chi connectivity index (χ1n) is 4.06. The molecular formula is C10H8BrFO3. The molecule has 0 atom stereocenters. The molecule has 0 aromatic heterocycles. The van der Waals surface area contributed by atoms with Crippen LogP contribution in [0.5, 0.6) is 5.75 Å². The van der Waals surface area contributed by atoms with Crippen molar-refractivity contribution < 1.29 is 18.7 Å². The highest BCUT2D eigenvalue weighted by Crippen LogP contribution is 2.25. The van der Waals surface area contributed by atoms with Gasteiger partial charge in [-0.3, -0.25) is 9.59 Å². The van der Waals surface area contributed by atoms with Crippen molar-refractivity contribution in [2.24, 2.45) is 0 Å². The van der Waals surface area contributed by atoms with E-state index in [9.17, 15) is 14.0 Å². The van der Waals surface area contributed by atoms with Crippen molar-refractivity contribution in [1.82, 2.24) is 0 Å². The fourth-order valence-corrected chi connectivity index (χ4v) is 1.51. The molecule has 0 N–H and O–H groups in total. The van der Waals surface area contributed by atoms with Crippen LogP contribution in [-0.2, 0) is 0 Å². The second kappa shape index (κ2) is 5.02. The third kappa shape index (κ3) is 2.41. The molecule has 3 nitrogen and oxygen atoms in total. The Morgan fingerprint density at radius 1 is 1.60 bits per heavy atom. The van der Waals surface area contributed by atoms with Crippen molar-refractivity contribution in [3.05, 3.63) is 29.1 Å². The average molecular weight is 275 g/mol. The Morgan fingerprint density at radius 2 is 2.27 bits per heavy atom. The maximum atomic E-state index is 13.0. The first-order valence-corrected chi connectivity index (χ1v) is 5.18. The zero-order valence-corrected chi connectivity index (χ0v) is 9.51. The van der Waals surface area contributed by atoms with Gasteiger partial charge in [0.25, 0.3) is 0 Å². The fraction of sp³-hybridized carbons (Fsp3) is 0.200. The molecule has 0 aliphatic carbocycles. The van der Waals surface area contributed by atoms with Gasteiger partial charge in [0.05, 0.1) is 23.6 Å². The van der Waals surface area contributed by atoms with Gasteiger partial charge in [-0.05, 0) is 12.1 Å². The number of ketones is 1. The van der Waals surface area contributed by atoms with Crippen LogP contribution < -0.4 is 4.74 Å². The number of ether oxygens (including phenoxy) is 1. The molecule has 0 amide bonds. The summed E-state index contributed by atoms with van der Waals surface area (Å²) < 4.78 is 18.0. The van der Waals surface area contributed by atoms with Crippen molar-refractivity contribution in [1.29, 1.82) is 0 Å². The number of methoxy groups -OCH3 is 1. The van der Waals surface area contributed by atoms with E-state index in [1.165, 1.54) is 7.11 Å². The number of benzene rings is 1. The highest BCUT2D eigenvalue weighted by atomic mass is 79.9. The van der Waals surface area contributed by atoms with E-state index in [1.807, 2.05) is 0 Å². The molecule has 15 heavy (non-hydrogen) atoms. The molecule has 0 aliphatic rings. The molecular weight excluding hydrogens is 267 g/mol. The standard InChI is InChI=1S/C10H8BrFO3/c1-15-10-6(5-13)2-7(12)3-8(10)9(14)4-11/h2-3,5H,4H2,1H3. The van der Waals surface area contributed by atoms with Gasteiger partial charge in [-0.2, -0.15) is 0 Å². The number of rotatable bonds is 4. The highest BCUT2D eigenvalue weighted by molar-refractivity contribution is 9.09. The lowest BCUT2D eigenvalue weighted by atomic mass is 10.1. The number of aldehydes is 1. The molecule has 1 aromatic rings. The third-order valence-corrected chi connectivity index (χ3v) is 2.34. The predicted molar refractivity (Wildman–Crippen MR) is 56.5 cm³/mol. The molecule has 1 aromatic carbocycles. The van der Waals surface area contributed by atoms with Gasteiger partial charge in [-0.1, -0.05) is 15.9 Å². The van der Waals surface area contributed by atoms with Gasteiger partial charge in [0.1, 0.15) is 11.6 Å². The lowest BCUT2D eigenvalue weighted by Crippen LogP contribution is -2.06. The van der Waals surface area contributed by atoms with Gasteiger partial charge in [-0.15, -0.1) is 0 Å². The van der Waals surface area contributed by atoms with Gasteiger partial charge < -0.3 is 4.74 Å². The fourth-order valence-electron chi connectivity index (χ4n) is 1.21. The van der Waals surface area contributed by atoms with Crippen LogP contribution in [-0.4, -0.2) is 24.5 Å². The predicted octanol–water partition coefficient (Wildman–Crippen LogP) is 2.22. The van der Waals surface area contributed by atoms with Gasteiger partial charge in [-0.25, -0.2) is 4.39 Å². The maximum Gasteiger partial charge on any atom is 0.177 e. The summed E-state index contributed by atoms with van der Waals surface area (Å²) in [6.45, 7) is 0. The van der Waals surface area contributed by atoms with Gasteiger partial charge in [0, 0.05) is 0 Å². The first-order chi connectivity index (χ1) is 7.13. The van der Waals surface area contributed by atoms with E-state index in [4.69, 9.17) is 4.74 Å². The van der Waals surface area contributed by atoms with E-state index in [-0.39, 0.29) is 28.0 Å². The molecule has 1 rings (SSSR count). The average Bonchev–Trinajstić information content (AvgIpc) is 2.26. The van der Waals surface area contributed by atoms with Crippen LogP contribution >= 0.6 is 15.9 Å². The lowest BCUT2D eigenvalue weighted by Gasteiger charge is -2.08. The van der Waals surface area contributed by atoms with E-state index in [0.29, 0.717) is 6.29 Å². The van der Waals surface area contributed by atoms with Crippen LogP contribution in [0.4, 0.5) is 4.39 Å². The molecule has 0 radical (unpaired) electrons. The van der Waals surface area contributed by atoms with Crippen LogP contribution in [0.3, 0.4) is 0 Å². The van der Waals surface area contributed by atoms with Gasteiger partial charge in [0.2, 0.25) is 0 Å². The number of hydrogen-bond acceptors (Lipinski definition) is 3. The van der Waals surface area contributed by atoms with E-state index in [0.717, 1.165) is 12.1 Å². The van der Waals surface area contributed by atoms with Crippen LogP contribution in [0.15, 0.2) is 12.1 Å². The minimum absolute atomic E-state index is 0.0294. The SMILES string of the molecule is COc1c(C=O)cc(F)cc1C(=O)CBr. The number of carbonyl (C=O) groups is 2. The van der Waals surface area contributed by atoms with Crippen molar-refractivity contribution >= 4 is 28.0 Å². The summed E-state index contributed by atoms with van der Waals surface area (Å²) in [6, 6.07) is 2.08. The summed E-state index contributed by atoms with van der Waals surface area (Å²) in [5, 5.41) is 0.0467. The molecule has 0 saturated carbocycles. The van der Waals surface area contributed by atoms with Crippen LogP contribution in [0, 0.1) is 5.82 Å². The molecule has 0 spiro atoms. The zero-order chi connectivity index (χ0) is 11.4. The summed E-state index contributed by atoms with van der Waals surface area (Å²) in [7, 11) is 1.32. The Bertz CT molecular complexity index is 404. The van der Waals surface area contributed by atoms with Crippen LogP contribution in [0.2, 0.25) is 0 Å². The summed E-state index contributed by atoms with van der Waals surface area (Å²) in [6.07, 6.45) is 0.451. The van der Waals surface area contributed by atoms with Crippen molar-refractivity contribution in [3.8, 4) is 5.75 Å². The normalized spacial score (nSPS) is 9.80. The second-order valence-electron chi connectivity index (χ2n) is 2.75. The Balaban J connectivity index is 3.41. The van der Waals surface area contributed by atoms with E-state index in [2.05, 4.69) is 15.9 Å². The smallest absolute Gasteiger partial charge is 0.177 e. The van der Waals surface area contributed by atoms with Crippen LogP contribution in [0.25, 0.3) is 0 Å². The molecule has 0 aliphatic heterocycles. The number of hydrogen-bond donors (Lipinski definition) is 0. The quantitative estimate of drug-likeness (QED) is 0.480. The number of Topliss-reactive ketones (excluding diaryl/α,β-unsaturated/α-hetero) is 1. The molecule has 0 fully saturated rings. The van der Waals surface area contributed by atoms with E-state index >= 15 is 0 Å². The van der Waals surface area contributed by atoms with Crippen molar-refractivity contribution in [3.63, 3.8) is 0 Å². The van der Waals surface area contributed by atoms with Crippen molar-refractivity contribution in [2.75, 3.05) is 12.4 Å². The summed E-state index contributed by atoms with van der Waals surface area (Å²) in [5.41, 5.74) is 0.0956. The number of carbonyl (C=O) groups excluding carboxylic acids is 2. The molecule has 0 heterocycles. The van der Waals surface area contributed by atoms with E-state index in [1.54, 1.807) is 0 Å². The van der Waals surface area contributed by atoms with Crippen molar-refractivity contribution in [2.45, 2.75) is 0 Å². The summed E-state index contributed by atoms with van der Waals surface area (Å²) in [5.74, 6) is -0.868. The molecule has 80 valence electrons. The Labute approximate surface area is 94.4 Å². The first kappa shape index (κ1) is 11.8. The zero-order valence-electron chi connectivity index (χ0n) is 7.92. The molecule has 0 unspecified atom stereocenters. The summed E-state index contributed by atoms with van der Waals surface area (Å²) in [4.78, 5) is 22.0. The lowest BCUT2D eigenvalue weighted by molar-refractivity contribution is 0.102. The van der Waals surface area contributed by atoms with Gasteiger partial charge >= 0.3 is 0 Å². The largest absolute Gasteiger partial charge is 0.495 e. The van der Waals surface area contributed by atoms with Crippen LogP contribution in [0.1, 0.15) is 20.7 Å². The maximum absolute atomic E-state index is 13.0. The number of halogens is 2. The van der Waals surface area contributed by atoms with Gasteiger partial charge in [0.15, 0.2) is 12.1 Å². The minimum Gasteiger partial charge on any atom is -0.495 e. The minimum atomic E-state index is -0.637. The monoisotopic (exact) mass is 274 g/mol. The summed E-state index contributed by atoms with van der Waals surface area (Å²) >= 11 is 2.97.